The van der Waals surface area contributed by atoms with Crippen LogP contribution in [-0.4, -0.2) is 17.1 Å². The molecule has 88 valence electrons. The van der Waals surface area contributed by atoms with E-state index in [4.69, 9.17) is 10.5 Å². The Morgan fingerprint density at radius 1 is 1.41 bits per heavy atom. The van der Waals surface area contributed by atoms with Crippen LogP contribution >= 0.6 is 0 Å². The van der Waals surface area contributed by atoms with Crippen LogP contribution in [0.15, 0.2) is 36.8 Å². The fourth-order valence-electron chi connectivity index (χ4n) is 1.50. The van der Waals surface area contributed by atoms with Crippen LogP contribution in [0.4, 0.5) is 4.39 Å². The number of pyridine rings is 2. The van der Waals surface area contributed by atoms with Crippen LogP contribution in [0.3, 0.4) is 0 Å². The van der Waals surface area contributed by atoms with E-state index >= 15 is 0 Å². The van der Waals surface area contributed by atoms with E-state index in [9.17, 15) is 4.39 Å². The molecule has 0 bridgehead atoms. The first-order chi connectivity index (χ1) is 8.22. The molecule has 0 aliphatic rings. The highest BCUT2D eigenvalue weighted by atomic mass is 19.1. The Hall–Kier alpha value is -2.01. The molecule has 2 aromatic heterocycles. The standard InChI is InChI=1S/C12H12FN3O/c1-17-9-5-8(6-15-7-9)11(14)12-10(13)3-2-4-16-12/h2-7,11H,14H2,1H3. The second kappa shape index (κ2) is 4.88. The van der Waals surface area contributed by atoms with Crippen molar-refractivity contribution in [2.75, 3.05) is 7.11 Å². The molecule has 0 aromatic carbocycles. The van der Waals surface area contributed by atoms with Crippen LogP contribution in [0.2, 0.25) is 0 Å². The molecule has 4 nitrogen and oxygen atoms in total. The summed E-state index contributed by atoms with van der Waals surface area (Å²) in [5.74, 6) is 0.150. The summed E-state index contributed by atoms with van der Waals surface area (Å²) in [6, 6.07) is 3.91. The van der Waals surface area contributed by atoms with E-state index in [1.807, 2.05) is 0 Å². The molecule has 17 heavy (non-hydrogen) atoms. The van der Waals surface area contributed by atoms with Crippen molar-refractivity contribution in [2.45, 2.75) is 6.04 Å². The zero-order valence-electron chi connectivity index (χ0n) is 9.30. The fraction of sp³-hybridized carbons (Fsp3) is 0.167. The molecule has 0 saturated carbocycles. The Morgan fingerprint density at radius 2 is 2.24 bits per heavy atom. The molecule has 0 fully saturated rings. The van der Waals surface area contributed by atoms with Gasteiger partial charge in [0.2, 0.25) is 0 Å². The lowest BCUT2D eigenvalue weighted by Gasteiger charge is -2.12. The number of aromatic nitrogens is 2. The van der Waals surface area contributed by atoms with Gasteiger partial charge in [0.15, 0.2) is 0 Å². The summed E-state index contributed by atoms with van der Waals surface area (Å²) in [6.07, 6.45) is 4.64. The number of methoxy groups -OCH3 is 1. The van der Waals surface area contributed by atoms with Crippen LogP contribution in [0, 0.1) is 5.82 Å². The highest BCUT2D eigenvalue weighted by Crippen LogP contribution is 2.22. The molecule has 0 aliphatic carbocycles. The lowest BCUT2D eigenvalue weighted by molar-refractivity contribution is 0.412. The van der Waals surface area contributed by atoms with Gasteiger partial charge in [-0.1, -0.05) is 0 Å². The van der Waals surface area contributed by atoms with Crippen LogP contribution in [-0.2, 0) is 0 Å². The molecular weight excluding hydrogens is 221 g/mol. The third-order valence-electron chi connectivity index (χ3n) is 2.41. The van der Waals surface area contributed by atoms with Crippen molar-refractivity contribution in [1.82, 2.24) is 9.97 Å². The van der Waals surface area contributed by atoms with Gasteiger partial charge in [-0.25, -0.2) is 4.39 Å². The summed E-state index contributed by atoms with van der Waals surface area (Å²) in [7, 11) is 1.54. The number of rotatable bonds is 3. The topological polar surface area (TPSA) is 61.0 Å². The monoisotopic (exact) mass is 233 g/mol. The largest absolute Gasteiger partial charge is 0.495 e. The predicted molar refractivity (Wildman–Crippen MR) is 61.0 cm³/mol. The maximum Gasteiger partial charge on any atom is 0.146 e. The molecule has 1 atom stereocenters. The Kier molecular flexibility index (Phi) is 3.30. The first-order valence-corrected chi connectivity index (χ1v) is 5.07. The molecule has 2 N–H and O–H groups in total. The highest BCUT2D eigenvalue weighted by molar-refractivity contribution is 5.31. The smallest absolute Gasteiger partial charge is 0.146 e. The quantitative estimate of drug-likeness (QED) is 0.876. The van der Waals surface area contributed by atoms with E-state index in [2.05, 4.69) is 9.97 Å². The minimum Gasteiger partial charge on any atom is -0.495 e. The van der Waals surface area contributed by atoms with Gasteiger partial charge in [-0.05, 0) is 23.8 Å². The number of hydrogen-bond donors (Lipinski definition) is 1. The summed E-state index contributed by atoms with van der Waals surface area (Å²) in [5.41, 5.74) is 6.79. The molecule has 0 radical (unpaired) electrons. The normalized spacial score (nSPS) is 12.2. The van der Waals surface area contributed by atoms with E-state index in [-0.39, 0.29) is 5.69 Å². The van der Waals surface area contributed by atoms with Crippen molar-refractivity contribution in [3.8, 4) is 5.75 Å². The van der Waals surface area contributed by atoms with Crippen molar-refractivity contribution in [2.24, 2.45) is 5.73 Å². The van der Waals surface area contributed by atoms with Crippen molar-refractivity contribution < 1.29 is 9.13 Å². The Morgan fingerprint density at radius 3 is 2.94 bits per heavy atom. The van der Waals surface area contributed by atoms with Crippen LogP contribution in [0.25, 0.3) is 0 Å². The van der Waals surface area contributed by atoms with E-state index in [1.54, 1.807) is 18.5 Å². The summed E-state index contributed by atoms with van der Waals surface area (Å²) in [4.78, 5) is 7.92. The summed E-state index contributed by atoms with van der Waals surface area (Å²) in [5, 5.41) is 0. The van der Waals surface area contributed by atoms with Gasteiger partial charge >= 0.3 is 0 Å². The average Bonchev–Trinajstić information content (AvgIpc) is 2.38. The Bertz CT molecular complexity index is 519. The third-order valence-corrected chi connectivity index (χ3v) is 2.41. The molecule has 2 aromatic rings. The zero-order chi connectivity index (χ0) is 12.3. The third kappa shape index (κ3) is 2.39. The zero-order valence-corrected chi connectivity index (χ0v) is 9.30. The summed E-state index contributed by atoms with van der Waals surface area (Å²) in [6.45, 7) is 0. The molecular formula is C12H12FN3O. The van der Waals surface area contributed by atoms with Crippen LogP contribution in [0.5, 0.6) is 5.75 Å². The molecule has 0 spiro atoms. The molecule has 2 heterocycles. The average molecular weight is 233 g/mol. The summed E-state index contributed by atoms with van der Waals surface area (Å²) >= 11 is 0. The predicted octanol–water partition coefficient (Wildman–Crippen LogP) is 1.67. The van der Waals surface area contributed by atoms with E-state index < -0.39 is 11.9 Å². The number of hydrogen-bond acceptors (Lipinski definition) is 4. The lowest BCUT2D eigenvalue weighted by Crippen LogP contribution is -2.15. The molecule has 1 unspecified atom stereocenters. The van der Waals surface area contributed by atoms with Crippen molar-refractivity contribution in [3.05, 3.63) is 53.9 Å². The molecule has 0 aliphatic heterocycles. The minimum atomic E-state index is -0.654. The fourth-order valence-corrected chi connectivity index (χ4v) is 1.50. The van der Waals surface area contributed by atoms with Gasteiger partial charge in [-0.3, -0.25) is 9.97 Å². The van der Waals surface area contributed by atoms with E-state index in [0.29, 0.717) is 11.3 Å². The van der Waals surface area contributed by atoms with Crippen LogP contribution < -0.4 is 10.5 Å². The van der Waals surface area contributed by atoms with Crippen molar-refractivity contribution in [1.29, 1.82) is 0 Å². The first kappa shape index (κ1) is 11.5. The first-order valence-electron chi connectivity index (χ1n) is 5.07. The van der Waals surface area contributed by atoms with Crippen molar-refractivity contribution in [3.63, 3.8) is 0 Å². The number of halogens is 1. The van der Waals surface area contributed by atoms with Gasteiger partial charge < -0.3 is 10.5 Å². The Labute approximate surface area is 98.3 Å². The maximum absolute atomic E-state index is 13.5. The minimum absolute atomic E-state index is 0.197. The molecule has 5 heteroatoms. The van der Waals surface area contributed by atoms with Crippen LogP contribution in [0.1, 0.15) is 17.3 Å². The second-order valence-electron chi connectivity index (χ2n) is 3.51. The molecule has 0 amide bonds. The molecule has 2 rings (SSSR count). The van der Waals surface area contributed by atoms with Gasteiger partial charge in [0.05, 0.1) is 25.0 Å². The van der Waals surface area contributed by atoms with Gasteiger partial charge in [-0.15, -0.1) is 0 Å². The number of nitrogens with two attached hydrogens (primary N) is 1. The van der Waals surface area contributed by atoms with Gasteiger partial charge in [0.1, 0.15) is 11.6 Å². The second-order valence-corrected chi connectivity index (χ2v) is 3.51. The SMILES string of the molecule is COc1cncc(C(N)c2ncccc2F)c1. The van der Waals surface area contributed by atoms with Crippen molar-refractivity contribution >= 4 is 0 Å². The van der Waals surface area contributed by atoms with Gasteiger partial charge in [-0.2, -0.15) is 0 Å². The molecule has 0 saturated heterocycles. The van der Waals surface area contributed by atoms with Gasteiger partial charge in [0, 0.05) is 12.4 Å². The van der Waals surface area contributed by atoms with E-state index in [1.165, 1.54) is 25.4 Å². The Balaban J connectivity index is 2.37. The van der Waals surface area contributed by atoms with E-state index in [0.717, 1.165) is 0 Å². The number of ether oxygens (including phenoxy) is 1. The number of nitrogens with zero attached hydrogens (tertiary/aromatic N) is 2. The van der Waals surface area contributed by atoms with Gasteiger partial charge in [0.25, 0.3) is 0 Å². The highest BCUT2D eigenvalue weighted by Gasteiger charge is 2.15. The maximum atomic E-state index is 13.5. The summed E-state index contributed by atoms with van der Waals surface area (Å²) < 4.78 is 18.6. The lowest BCUT2D eigenvalue weighted by atomic mass is 10.1.